The van der Waals surface area contributed by atoms with Crippen LogP contribution in [0.3, 0.4) is 0 Å². The van der Waals surface area contributed by atoms with Gasteiger partial charge in [-0.15, -0.1) is 0 Å². The molecule has 3 nitrogen and oxygen atoms in total. The maximum atomic E-state index is 12.3. The van der Waals surface area contributed by atoms with Gasteiger partial charge < -0.3 is 11.1 Å². The molecular weight excluding hydrogens is 212 g/mol. The number of hydrogen-bond acceptors (Lipinski definition) is 2. The molecule has 3 atom stereocenters. The summed E-state index contributed by atoms with van der Waals surface area (Å²) in [4.78, 5) is 12.3. The molecule has 1 amide bonds. The van der Waals surface area contributed by atoms with E-state index in [9.17, 15) is 4.79 Å². The summed E-state index contributed by atoms with van der Waals surface area (Å²) in [5, 5.41) is 2.95. The molecule has 0 spiro atoms. The average molecular weight is 230 g/mol. The van der Waals surface area contributed by atoms with Crippen molar-refractivity contribution in [2.45, 2.75) is 31.2 Å². The fourth-order valence-electron chi connectivity index (χ4n) is 3.42. The summed E-state index contributed by atoms with van der Waals surface area (Å²) in [6.45, 7) is 0. The Balaban J connectivity index is 1.75. The normalized spacial score (nSPS) is 34.9. The molecule has 0 aliphatic heterocycles. The molecule has 3 unspecified atom stereocenters. The monoisotopic (exact) mass is 230 g/mol. The summed E-state index contributed by atoms with van der Waals surface area (Å²) in [7, 11) is 0. The molecule has 90 valence electrons. The van der Waals surface area contributed by atoms with E-state index in [4.69, 9.17) is 5.73 Å². The van der Waals surface area contributed by atoms with Gasteiger partial charge in [0.15, 0.2) is 0 Å². The van der Waals surface area contributed by atoms with Gasteiger partial charge >= 0.3 is 0 Å². The number of carbonyl (C=O) groups excluding carboxylic acids is 1. The Morgan fingerprint density at radius 1 is 1.29 bits per heavy atom. The lowest BCUT2D eigenvalue weighted by Gasteiger charge is -2.32. The lowest BCUT2D eigenvalue weighted by Crippen LogP contribution is -2.54. The lowest BCUT2D eigenvalue weighted by atomic mass is 9.81. The van der Waals surface area contributed by atoms with E-state index >= 15 is 0 Å². The van der Waals surface area contributed by atoms with Crippen LogP contribution >= 0.6 is 0 Å². The number of para-hydroxylation sites is 1. The number of amides is 1. The van der Waals surface area contributed by atoms with Crippen molar-refractivity contribution >= 4 is 11.6 Å². The lowest BCUT2D eigenvalue weighted by molar-refractivity contribution is -0.122. The summed E-state index contributed by atoms with van der Waals surface area (Å²) in [5.41, 5.74) is 6.54. The Kier molecular flexibility index (Phi) is 2.44. The summed E-state index contributed by atoms with van der Waals surface area (Å²) < 4.78 is 0. The summed E-state index contributed by atoms with van der Waals surface area (Å²) in [6, 6.07) is 9.56. The highest BCUT2D eigenvalue weighted by Crippen LogP contribution is 2.49. The average Bonchev–Trinajstić information content (AvgIpc) is 2.90. The number of nitrogens with one attached hydrogen (secondary N) is 1. The number of hydrogen-bond donors (Lipinski definition) is 2. The zero-order valence-corrected chi connectivity index (χ0v) is 9.86. The fraction of sp³-hybridized carbons (Fsp3) is 0.500. The molecule has 0 saturated heterocycles. The fourth-order valence-corrected chi connectivity index (χ4v) is 3.42. The second-order valence-electron chi connectivity index (χ2n) is 5.44. The Morgan fingerprint density at radius 3 is 2.65 bits per heavy atom. The van der Waals surface area contributed by atoms with Crippen molar-refractivity contribution in [2.75, 3.05) is 5.32 Å². The zero-order valence-electron chi connectivity index (χ0n) is 9.86. The maximum absolute atomic E-state index is 12.3. The molecule has 2 aliphatic carbocycles. The third-order valence-corrected chi connectivity index (χ3v) is 4.35. The predicted molar refractivity (Wildman–Crippen MR) is 67.4 cm³/mol. The van der Waals surface area contributed by atoms with E-state index in [0.717, 1.165) is 24.9 Å². The highest BCUT2D eigenvalue weighted by Gasteiger charge is 2.52. The molecule has 3 heteroatoms. The van der Waals surface area contributed by atoms with E-state index in [1.54, 1.807) is 0 Å². The van der Waals surface area contributed by atoms with Gasteiger partial charge in [0.2, 0.25) is 5.91 Å². The Labute approximate surface area is 101 Å². The number of nitrogens with two attached hydrogens (primary N) is 1. The van der Waals surface area contributed by atoms with E-state index in [1.807, 2.05) is 30.3 Å². The minimum Gasteiger partial charge on any atom is -0.324 e. The number of carbonyl (C=O) groups is 1. The first-order valence-electron chi connectivity index (χ1n) is 6.34. The molecule has 0 heterocycles. The van der Waals surface area contributed by atoms with Crippen LogP contribution in [0.5, 0.6) is 0 Å². The van der Waals surface area contributed by atoms with Crippen molar-refractivity contribution < 1.29 is 4.79 Å². The highest BCUT2D eigenvalue weighted by atomic mass is 16.2. The smallest absolute Gasteiger partial charge is 0.244 e. The summed E-state index contributed by atoms with van der Waals surface area (Å²) in [6.07, 6.45) is 4.36. The van der Waals surface area contributed by atoms with Crippen LogP contribution in [0.4, 0.5) is 5.69 Å². The van der Waals surface area contributed by atoms with Gasteiger partial charge in [-0.1, -0.05) is 24.6 Å². The first-order chi connectivity index (χ1) is 8.18. The van der Waals surface area contributed by atoms with Crippen LogP contribution in [-0.2, 0) is 4.79 Å². The van der Waals surface area contributed by atoms with Gasteiger partial charge in [0.1, 0.15) is 0 Å². The number of benzene rings is 1. The van der Waals surface area contributed by atoms with Crippen LogP contribution in [0, 0.1) is 11.8 Å². The molecule has 0 radical (unpaired) electrons. The molecule has 3 N–H and O–H groups in total. The van der Waals surface area contributed by atoms with Crippen LogP contribution in [0.2, 0.25) is 0 Å². The number of fused-ring (bicyclic) bond motifs is 2. The minimum atomic E-state index is -0.626. The van der Waals surface area contributed by atoms with Gasteiger partial charge in [0, 0.05) is 5.69 Å². The minimum absolute atomic E-state index is 0.00380. The van der Waals surface area contributed by atoms with Gasteiger partial charge in [-0.05, 0) is 43.2 Å². The van der Waals surface area contributed by atoms with Crippen LogP contribution in [0.1, 0.15) is 25.7 Å². The first kappa shape index (κ1) is 10.8. The Hall–Kier alpha value is -1.35. The molecule has 2 fully saturated rings. The zero-order chi connectivity index (χ0) is 11.9. The van der Waals surface area contributed by atoms with Crippen LogP contribution < -0.4 is 11.1 Å². The van der Waals surface area contributed by atoms with E-state index in [-0.39, 0.29) is 5.91 Å². The second kappa shape index (κ2) is 3.84. The van der Waals surface area contributed by atoms with Crippen molar-refractivity contribution in [1.29, 1.82) is 0 Å². The van der Waals surface area contributed by atoms with E-state index in [0.29, 0.717) is 11.8 Å². The maximum Gasteiger partial charge on any atom is 0.244 e. The Bertz CT molecular complexity index is 431. The molecule has 0 aromatic heterocycles. The van der Waals surface area contributed by atoms with E-state index in [2.05, 4.69) is 5.32 Å². The van der Waals surface area contributed by atoms with Gasteiger partial charge in [-0.25, -0.2) is 0 Å². The van der Waals surface area contributed by atoms with Crippen molar-refractivity contribution in [3.05, 3.63) is 30.3 Å². The van der Waals surface area contributed by atoms with Crippen molar-refractivity contribution in [2.24, 2.45) is 17.6 Å². The molecule has 17 heavy (non-hydrogen) atoms. The van der Waals surface area contributed by atoms with Gasteiger partial charge in [-0.2, -0.15) is 0 Å². The molecule has 2 aliphatic rings. The highest BCUT2D eigenvalue weighted by molar-refractivity contribution is 5.98. The standard InChI is InChI=1S/C14H18N2O/c15-14(9-10-6-7-11(14)8-10)13(17)16-12-4-2-1-3-5-12/h1-5,10-11H,6-9,15H2,(H,16,17). The van der Waals surface area contributed by atoms with Crippen molar-refractivity contribution in [3.8, 4) is 0 Å². The van der Waals surface area contributed by atoms with Crippen LogP contribution in [0.25, 0.3) is 0 Å². The SMILES string of the molecule is NC1(C(=O)Nc2ccccc2)CC2CCC1C2. The Morgan fingerprint density at radius 2 is 2.06 bits per heavy atom. The second-order valence-corrected chi connectivity index (χ2v) is 5.44. The molecule has 2 bridgehead atoms. The molecule has 2 saturated carbocycles. The van der Waals surface area contributed by atoms with Gasteiger partial charge in [0.05, 0.1) is 5.54 Å². The summed E-state index contributed by atoms with van der Waals surface area (Å²) in [5.74, 6) is 1.05. The number of anilines is 1. The third kappa shape index (κ3) is 1.75. The van der Waals surface area contributed by atoms with Crippen molar-refractivity contribution in [1.82, 2.24) is 0 Å². The largest absolute Gasteiger partial charge is 0.324 e. The van der Waals surface area contributed by atoms with Crippen LogP contribution in [0.15, 0.2) is 30.3 Å². The van der Waals surface area contributed by atoms with Gasteiger partial charge in [-0.3, -0.25) is 4.79 Å². The van der Waals surface area contributed by atoms with Gasteiger partial charge in [0.25, 0.3) is 0 Å². The molecular formula is C14H18N2O. The van der Waals surface area contributed by atoms with E-state index < -0.39 is 5.54 Å². The van der Waals surface area contributed by atoms with Crippen molar-refractivity contribution in [3.63, 3.8) is 0 Å². The summed E-state index contributed by atoms with van der Waals surface area (Å²) >= 11 is 0. The first-order valence-corrected chi connectivity index (χ1v) is 6.34. The topological polar surface area (TPSA) is 55.1 Å². The molecule has 1 aromatic rings. The van der Waals surface area contributed by atoms with Crippen LogP contribution in [-0.4, -0.2) is 11.4 Å². The number of rotatable bonds is 2. The molecule has 3 rings (SSSR count). The quantitative estimate of drug-likeness (QED) is 0.817. The third-order valence-electron chi connectivity index (χ3n) is 4.35. The molecule has 1 aromatic carbocycles. The predicted octanol–water partition coefficient (Wildman–Crippen LogP) is 2.14. The van der Waals surface area contributed by atoms with E-state index in [1.165, 1.54) is 6.42 Å².